The number of nitrogens with one attached hydrogen (secondary N) is 1. The van der Waals surface area contributed by atoms with Crippen LogP contribution in [-0.4, -0.2) is 48.8 Å². The maximum absolute atomic E-state index is 9.83. The fourth-order valence-electron chi connectivity index (χ4n) is 2.94. The Morgan fingerprint density at radius 3 is 2.75 bits per heavy atom. The van der Waals surface area contributed by atoms with E-state index in [1.54, 1.807) is 0 Å². The number of hydrogen-bond acceptors (Lipinski definition) is 3. The molecule has 2 N–H and O–H groups in total. The number of aliphatic hydroxyl groups is 1. The molecule has 2 rings (SSSR count). The van der Waals surface area contributed by atoms with Crippen LogP contribution in [-0.2, 0) is 0 Å². The SMILES string of the molecule is CCC1CN(CC2CCCNC2)CC1O.Cl. The van der Waals surface area contributed by atoms with Crippen molar-refractivity contribution in [3.63, 3.8) is 0 Å². The first-order valence-corrected chi connectivity index (χ1v) is 6.40. The molecule has 0 aliphatic carbocycles. The Morgan fingerprint density at radius 2 is 2.19 bits per heavy atom. The molecule has 4 heteroatoms. The Balaban J connectivity index is 0.00000128. The molecule has 0 aromatic heterocycles. The second kappa shape index (κ2) is 6.80. The summed E-state index contributed by atoms with van der Waals surface area (Å²) in [5, 5.41) is 13.3. The number of hydrogen-bond donors (Lipinski definition) is 2. The number of likely N-dealkylation sites (tertiary alicyclic amines) is 1. The molecule has 0 spiro atoms. The van der Waals surface area contributed by atoms with Crippen molar-refractivity contribution in [2.45, 2.75) is 32.3 Å². The van der Waals surface area contributed by atoms with Gasteiger partial charge in [-0.25, -0.2) is 0 Å². The van der Waals surface area contributed by atoms with Gasteiger partial charge in [-0.2, -0.15) is 0 Å². The van der Waals surface area contributed by atoms with Gasteiger partial charge in [-0.1, -0.05) is 6.92 Å². The van der Waals surface area contributed by atoms with E-state index in [-0.39, 0.29) is 18.5 Å². The molecule has 3 unspecified atom stereocenters. The van der Waals surface area contributed by atoms with Gasteiger partial charge in [0.2, 0.25) is 0 Å². The third kappa shape index (κ3) is 3.59. The maximum Gasteiger partial charge on any atom is 0.0707 e. The molecule has 2 heterocycles. The van der Waals surface area contributed by atoms with Gasteiger partial charge in [0, 0.05) is 19.6 Å². The van der Waals surface area contributed by atoms with Crippen LogP contribution >= 0.6 is 12.4 Å². The fourth-order valence-corrected chi connectivity index (χ4v) is 2.94. The smallest absolute Gasteiger partial charge is 0.0707 e. The number of rotatable bonds is 3. The van der Waals surface area contributed by atoms with Crippen LogP contribution in [0.25, 0.3) is 0 Å². The molecule has 3 nitrogen and oxygen atoms in total. The van der Waals surface area contributed by atoms with E-state index in [0.717, 1.165) is 25.4 Å². The predicted molar refractivity (Wildman–Crippen MR) is 69.1 cm³/mol. The molecule has 2 aliphatic heterocycles. The molecule has 0 aromatic rings. The van der Waals surface area contributed by atoms with Gasteiger partial charge in [-0.05, 0) is 44.2 Å². The largest absolute Gasteiger partial charge is 0.391 e. The lowest BCUT2D eigenvalue weighted by Crippen LogP contribution is -2.37. The Bertz CT molecular complexity index is 197. The van der Waals surface area contributed by atoms with Crippen molar-refractivity contribution in [1.82, 2.24) is 10.2 Å². The molecule has 2 aliphatic rings. The molecule has 0 radical (unpaired) electrons. The van der Waals surface area contributed by atoms with Crippen LogP contribution in [0.3, 0.4) is 0 Å². The van der Waals surface area contributed by atoms with Gasteiger partial charge in [0.15, 0.2) is 0 Å². The van der Waals surface area contributed by atoms with Crippen LogP contribution in [0.5, 0.6) is 0 Å². The highest BCUT2D eigenvalue weighted by Gasteiger charge is 2.31. The van der Waals surface area contributed by atoms with E-state index in [1.165, 1.54) is 32.5 Å². The van der Waals surface area contributed by atoms with Gasteiger partial charge < -0.3 is 15.3 Å². The molecule has 2 saturated heterocycles. The first kappa shape index (κ1) is 14.2. The van der Waals surface area contributed by atoms with Crippen molar-refractivity contribution in [2.24, 2.45) is 11.8 Å². The second-order valence-electron chi connectivity index (χ2n) is 5.17. The van der Waals surface area contributed by atoms with Crippen LogP contribution in [0.1, 0.15) is 26.2 Å². The fraction of sp³-hybridized carbons (Fsp3) is 1.00. The Labute approximate surface area is 105 Å². The van der Waals surface area contributed by atoms with E-state index >= 15 is 0 Å². The monoisotopic (exact) mass is 248 g/mol. The quantitative estimate of drug-likeness (QED) is 0.786. The minimum absolute atomic E-state index is 0. The Hall–Kier alpha value is 0.170. The molecule has 0 bridgehead atoms. The number of halogens is 1. The lowest BCUT2D eigenvalue weighted by atomic mass is 9.99. The van der Waals surface area contributed by atoms with E-state index in [2.05, 4.69) is 17.1 Å². The van der Waals surface area contributed by atoms with Crippen molar-refractivity contribution in [1.29, 1.82) is 0 Å². The summed E-state index contributed by atoms with van der Waals surface area (Å²) in [5.74, 6) is 1.32. The third-order valence-corrected chi connectivity index (χ3v) is 3.92. The van der Waals surface area contributed by atoms with E-state index in [9.17, 15) is 5.11 Å². The number of β-amino-alcohol motifs (C(OH)–C–C–N with tert-alkyl or cyclic N) is 1. The summed E-state index contributed by atoms with van der Waals surface area (Å²) in [4.78, 5) is 2.45. The lowest BCUT2D eigenvalue weighted by molar-refractivity contribution is 0.137. The van der Waals surface area contributed by atoms with Crippen LogP contribution in [0.15, 0.2) is 0 Å². The van der Waals surface area contributed by atoms with E-state index in [0.29, 0.717) is 5.92 Å². The van der Waals surface area contributed by atoms with Crippen LogP contribution in [0, 0.1) is 11.8 Å². The lowest BCUT2D eigenvalue weighted by Gasteiger charge is -2.27. The van der Waals surface area contributed by atoms with Crippen LogP contribution < -0.4 is 5.32 Å². The predicted octanol–water partition coefficient (Wildman–Crippen LogP) is 1.11. The van der Waals surface area contributed by atoms with Gasteiger partial charge in [0.05, 0.1) is 6.10 Å². The topological polar surface area (TPSA) is 35.5 Å². The van der Waals surface area contributed by atoms with Gasteiger partial charge in [0.1, 0.15) is 0 Å². The van der Waals surface area contributed by atoms with Crippen LogP contribution in [0.4, 0.5) is 0 Å². The summed E-state index contributed by atoms with van der Waals surface area (Å²) >= 11 is 0. The normalized spacial score (nSPS) is 36.0. The van der Waals surface area contributed by atoms with Crippen molar-refractivity contribution in [2.75, 3.05) is 32.7 Å². The number of piperidine rings is 1. The zero-order valence-electron chi connectivity index (χ0n) is 10.2. The van der Waals surface area contributed by atoms with Gasteiger partial charge in [-0.3, -0.25) is 0 Å². The molecule has 3 atom stereocenters. The highest BCUT2D eigenvalue weighted by Crippen LogP contribution is 2.22. The van der Waals surface area contributed by atoms with Gasteiger partial charge in [0.25, 0.3) is 0 Å². The van der Waals surface area contributed by atoms with E-state index < -0.39 is 0 Å². The highest BCUT2D eigenvalue weighted by atomic mass is 35.5. The van der Waals surface area contributed by atoms with Gasteiger partial charge in [-0.15, -0.1) is 12.4 Å². The maximum atomic E-state index is 9.83. The van der Waals surface area contributed by atoms with Crippen molar-refractivity contribution < 1.29 is 5.11 Å². The van der Waals surface area contributed by atoms with Crippen LogP contribution in [0.2, 0.25) is 0 Å². The summed E-state index contributed by atoms with van der Waals surface area (Å²) in [6.45, 7) is 7.73. The molecule has 96 valence electrons. The first-order chi connectivity index (χ1) is 7.29. The molecular weight excluding hydrogens is 224 g/mol. The molecular formula is C12H25ClN2O. The highest BCUT2D eigenvalue weighted by molar-refractivity contribution is 5.85. The minimum atomic E-state index is -0.0773. The molecule has 0 saturated carbocycles. The number of nitrogens with zero attached hydrogens (tertiary/aromatic N) is 1. The summed E-state index contributed by atoms with van der Waals surface area (Å²) in [5.41, 5.74) is 0. The van der Waals surface area contributed by atoms with Crippen molar-refractivity contribution >= 4 is 12.4 Å². The Morgan fingerprint density at radius 1 is 1.38 bits per heavy atom. The molecule has 0 amide bonds. The molecule has 2 fully saturated rings. The third-order valence-electron chi connectivity index (χ3n) is 3.92. The summed E-state index contributed by atoms with van der Waals surface area (Å²) < 4.78 is 0. The standard InChI is InChI=1S/C12H24N2O.ClH/c1-2-11-8-14(9-12(11)15)7-10-4-3-5-13-6-10;/h10-13,15H,2-9H2,1H3;1H. The second-order valence-corrected chi connectivity index (χ2v) is 5.17. The minimum Gasteiger partial charge on any atom is -0.391 e. The van der Waals surface area contributed by atoms with E-state index in [4.69, 9.17) is 0 Å². The van der Waals surface area contributed by atoms with Crippen molar-refractivity contribution in [3.05, 3.63) is 0 Å². The zero-order valence-corrected chi connectivity index (χ0v) is 11.0. The van der Waals surface area contributed by atoms with E-state index in [1.807, 2.05) is 0 Å². The molecule has 0 aromatic carbocycles. The van der Waals surface area contributed by atoms with Crippen molar-refractivity contribution in [3.8, 4) is 0 Å². The zero-order chi connectivity index (χ0) is 10.7. The first-order valence-electron chi connectivity index (χ1n) is 6.40. The summed E-state index contributed by atoms with van der Waals surface area (Å²) in [6.07, 6.45) is 3.71. The Kier molecular flexibility index (Phi) is 6.05. The average molecular weight is 249 g/mol. The number of aliphatic hydroxyl groups excluding tert-OH is 1. The molecule has 16 heavy (non-hydrogen) atoms. The summed E-state index contributed by atoms with van der Waals surface area (Å²) in [6, 6.07) is 0. The average Bonchev–Trinajstić information content (AvgIpc) is 2.60. The van der Waals surface area contributed by atoms with Gasteiger partial charge >= 0.3 is 0 Å². The summed E-state index contributed by atoms with van der Waals surface area (Å²) in [7, 11) is 0.